The number of ether oxygens (including phenoxy) is 1. The molecular weight excluding hydrogens is 471 g/mol. The Balaban J connectivity index is 1.67. The van der Waals surface area contributed by atoms with Gasteiger partial charge < -0.3 is 15.4 Å². The number of urea groups is 1. The van der Waals surface area contributed by atoms with E-state index >= 15 is 0 Å². The standard InChI is InChI=1S/C19H15BrF3N3O4/c1-18(11-3-2-4-12(20)9-11)16(28)26(17(29)25-18)10-15(27)24-13-5-7-14(8-6-13)30-19(21,22)23/h2-9H,10H2,1H3,(H,24,27)(H,25,29)/t18-/m0/s1. The molecule has 3 rings (SSSR count). The van der Waals surface area contributed by atoms with Gasteiger partial charge in [-0.3, -0.25) is 14.5 Å². The van der Waals surface area contributed by atoms with Gasteiger partial charge in [-0.25, -0.2) is 4.79 Å². The fraction of sp³-hybridized carbons (Fsp3) is 0.211. The van der Waals surface area contributed by atoms with Gasteiger partial charge in [-0.1, -0.05) is 28.1 Å². The molecule has 2 aromatic carbocycles. The molecule has 1 saturated heterocycles. The summed E-state index contributed by atoms with van der Waals surface area (Å²) in [4.78, 5) is 38.2. The summed E-state index contributed by atoms with van der Waals surface area (Å²) in [5, 5.41) is 5.00. The van der Waals surface area contributed by atoms with Crippen molar-refractivity contribution in [2.24, 2.45) is 0 Å². The average Bonchev–Trinajstić information content (AvgIpc) is 2.86. The van der Waals surface area contributed by atoms with Crippen LogP contribution in [0, 0.1) is 0 Å². The Hall–Kier alpha value is -3.08. The third kappa shape index (κ3) is 4.73. The monoisotopic (exact) mass is 485 g/mol. The largest absolute Gasteiger partial charge is 0.573 e. The van der Waals surface area contributed by atoms with E-state index in [0.29, 0.717) is 5.56 Å². The van der Waals surface area contributed by atoms with Gasteiger partial charge in [0.25, 0.3) is 5.91 Å². The molecule has 0 bridgehead atoms. The highest BCUT2D eigenvalue weighted by atomic mass is 79.9. The first-order chi connectivity index (χ1) is 14.0. The lowest BCUT2D eigenvalue weighted by Gasteiger charge is -2.22. The van der Waals surface area contributed by atoms with Crippen molar-refractivity contribution in [2.75, 3.05) is 11.9 Å². The SMILES string of the molecule is C[C@@]1(c2cccc(Br)c2)NC(=O)N(CC(=O)Nc2ccc(OC(F)(F)F)cc2)C1=O. The Labute approximate surface area is 177 Å². The minimum absolute atomic E-state index is 0.177. The number of carbonyl (C=O) groups is 3. The third-order valence-electron chi connectivity index (χ3n) is 4.35. The molecule has 0 aliphatic carbocycles. The Bertz CT molecular complexity index is 997. The topological polar surface area (TPSA) is 87.7 Å². The van der Waals surface area contributed by atoms with E-state index < -0.39 is 42.0 Å². The van der Waals surface area contributed by atoms with E-state index in [1.165, 1.54) is 19.1 Å². The smallest absolute Gasteiger partial charge is 0.406 e. The van der Waals surface area contributed by atoms with Crippen molar-refractivity contribution in [3.63, 3.8) is 0 Å². The molecule has 4 amide bonds. The quantitative estimate of drug-likeness (QED) is 0.631. The maximum absolute atomic E-state index is 12.8. The maximum atomic E-state index is 12.8. The predicted octanol–water partition coefficient (Wildman–Crippen LogP) is 3.75. The van der Waals surface area contributed by atoms with Crippen LogP contribution in [0.5, 0.6) is 5.75 Å². The molecule has 158 valence electrons. The number of alkyl halides is 3. The second-order valence-electron chi connectivity index (χ2n) is 6.58. The number of hydrogen-bond donors (Lipinski definition) is 2. The molecule has 2 aromatic rings. The molecule has 0 saturated carbocycles. The average molecular weight is 486 g/mol. The van der Waals surface area contributed by atoms with Crippen molar-refractivity contribution in [1.82, 2.24) is 10.2 Å². The van der Waals surface area contributed by atoms with Crippen molar-refractivity contribution in [3.05, 3.63) is 58.6 Å². The molecule has 11 heteroatoms. The third-order valence-corrected chi connectivity index (χ3v) is 4.84. The molecule has 0 radical (unpaired) electrons. The first kappa shape index (κ1) is 21.6. The zero-order valence-corrected chi connectivity index (χ0v) is 17.0. The van der Waals surface area contributed by atoms with Crippen LogP contribution in [0.15, 0.2) is 53.0 Å². The van der Waals surface area contributed by atoms with Crippen molar-refractivity contribution < 1.29 is 32.3 Å². The maximum Gasteiger partial charge on any atom is 0.573 e. The normalized spacial score (nSPS) is 18.9. The number of imide groups is 1. The van der Waals surface area contributed by atoms with Gasteiger partial charge in [0.1, 0.15) is 17.8 Å². The van der Waals surface area contributed by atoms with Gasteiger partial charge in [-0.2, -0.15) is 0 Å². The van der Waals surface area contributed by atoms with Gasteiger partial charge in [0, 0.05) is 10.2 Å². The minimum Gasteiger partial charge on any atom is -0.406 e. The van der Waals surface area contributed by atoms with Crippen LogP contribution < -0.4 is 15.4 Å². The molecule has 1 aliphatic heterocycles. The predicted molar refractivity (Wildman–Crippen MR) is 103 cm³/mol. The van der Waals surface area contributed by atoms with E-state index in [9.17, 15) is 27.6 Å². The van der Waals surface area contributed by atoms with E-state index in [2.05, 4.69) is 31.3 Å². The second kappa shape index (κ2) is 7.98. The van der Waals surface area contributed by atoms with Gasteiger partial charge in [0.05, 0.1) is 0 Å². The summed E-state index contributed by atoms with van der Waals surface area (Å²) in [6, 6.07) is 10.6. The molecule has 1 aliphatic rings. The fourth-order valence-corrected chi connectivity index (χ4v) is 3.32. The van der Waals surface area contributed by atoms with E-state index in [0.717, 1.165) is 21.5 Å². The summed E-state index contributed by atoms with van der Waals surface area (Å²) in [6.07, 6.45) is -4.82. The lowest BCUT2D eigenvalue weighted by molar-refractivity contribution is -0.274. The highest BCUT2D eigenvalue weighted by Crippen LogP contribution is 2.30. The van der Waals surface area contributed by atoms with Gasteiger partial charge in [0.15, 0.2) is 0 Å². The van der Waals surface area contributed by atoms with E-state index in [1.54, 1.807) is 24.3 Å². The number of rotatable bonds is 5. The van der Waals surface area contributed by atoms with Crippen LogP contribution in [0.1, 0.15) is 12.5 Å². The Morgan fingerprint density at radius 3 is 2.47 bits per heavy atom. The Kier molecular flexibility index (Phi) is 5.75. The number of carbonyl (C=O) groups excluding carboxylic acids is 3. The number of benzene rings is 2. The molecule has 1 atom stereocenters. The Morgan fingerprint density at radius 1 is 1.20 bits per heavy atom. The van der Waals surface area contributed by atoms with Gasteiger partial charge in [-0.05, 0) is 48.9 Å². The van der Waals surface area contributed by atoms with Crippen molar-refractivity contribution in [2.45, 2.75) is 18.8 Å². The first-order valence-electron chi connectivity index (χ1n) is 8.54. The van der Waals surface area contributed by atoms with Crippen LogP contribution in [-0.4, -0.2) is 35.7 Å². The highest BCUT2D eigenvalue weighted by molar-refractivity contribution is 9.10. The van der Waals surface area contributed by atoms with Crippen LogP contribution >= 0.6 is 15.9 Å². The number of nitrogens with one attached hydrogen (secondary N) is 2. The van der Waals surface area contributed by atoms with Crippen LogP contribution in [0.25, 0.3) is 0 Å². The number of hydrogen-bond acceptors (Lipinski definition) is 4. The molecular formula is C19H15BrF3N3O4. The zero-order chi connectivity index (χ0) is 22.1. The minimum atomic E-state index is -4.82. The van der Waals surface area contributed by atoms with Gasteiger partial charge in [-0.15, -0.1) is 13.2 Å². The zero-order valence-electron chi connectivity index (χ0n) is 15.4. The second-order valence-corrected chi connectivity index (χ2v) is 7.49. The summed E-state index contributed by atoms with van der Waals surface area (Å²) < 4.78 is 41.0. The molecule has 1 fully saturated rings. The summed E-state index contributed by atoms with van der Waals surface area (Å²) in [5.74, 6) is -1.74. The summed E-state index contributed by atoms with van der Waals surface area (Å²) in [5.41, 5.74) is -0.618. The fourth-order valence-electron chi connectivity index (χ4n) is 2.92. The van der Waals surface area contributed by atoms with Crippen LogP contribution in [0.3, 0.4) is 0 Å². The molecule has 1 heterocycles. The number of anilines is 1. The van der Waals surface area contributed by atoms with E-state index in [1.807, 2.05) is 0 Å². The lowest BCUT2D eigenvalue weighted by atomic mass is 9.92. The number of halogens is 4. The van der Waals surface area contributed by atoms with Gasteiger partial charge >= 0.3 is 12.4 Å². The molecule has 7 nitrogen and oxygen atoms in total. The van der Waals surface area contributed by atoms with Crippen molar-refractivity contribution in [3.8, 4) is 5.75 Å². The Morgan fingerprint density at radius 2 is 1.87 bits per heavy atom. The summed E-state index contributed by atoms with van der Waals surface area (Å²) in [7, 11) is 0. The van der Waals surface area contributed by atoms with Crippen LogP contribution in [0.4, 0.5) is 23.7 Å². The number of nitrogens with zero attached hydrogens (tertiary/aromatic N) is 1. The highest BCUT2D eigenvalue weighted by Gasteiger charge is 2.49. The molecule has 2 N–H and O–H groups in total. The lowest BCUT2D eigenvalue weighted by Crippen LogP contribution is -2.42. The van der Waals surface area contributed by atoms with Crippen LogP contribution in [-0.2, 0) is 15.1 Å². The molecule has 0 unspecified atom stereocenters. The van der Waals surface area contributed by atoms with Gasteiger partial charge in [0.2, 0.25) is 5.91 Å². The molecule has 0 spiro atoms. The van der Waals surface area contributed by atoms with Crippen molar-refractivity contribution in [1.29, 1.82) is 0 Å². The van der Waals surface area contributed by atoms with Crippen LogP contribution in [0.2, 0.25) is 0 Å². The number of amides is 4. The molecule has 30 heavy (non-hydrogen) atoms. The van der Waals surface area contributed by atoms with E-state index in [4.69, 9.17) is 0 Å². The summed E-state index contributed by atoms with van der Waals surface area (Å²) >= 11 is 3.31. The molecule has 0 aromatic heterocycles. The summed E-state index contributed by atoms with van der Waals surface area (Å²) in [6.45, 7) is 0.974. The van der Waals surface area contributed by atoms with E-state index in [-0.39, 0.29) is 5.69 Å². The first-order valence-corrected chi connectivity index (χ1v) is 9.33. The van der Waals surface area contributed by atoms with Crippen molar-refractivity contribution >= 4 is 39.5 Å².